The molecule has 0 saturated carbocycles. The highest BCUT2D eigenvalue weighted by molar-refractivity contribution is 7.13. The van der Waals surface area contributed by atoms with Gasteiger partial charge in [0.1, 0.15) is 11.5 Å². The van der Waals surface area contributed by atoms with Crippen LogP contribution in [0.25, 0.3) is 10.8 Å². The number of aromatic nitrogens is 2. The normalized spacial score (nSPS) is 10.7. The number of carbonyl (C=O) groups is 1. The van der Waals surface area contributed by atoms with Gasteiger partial charge in [-0.2, -0.15) is 4.68 Å². The fraction of sp³-hybridized carbons (Fsp3) is 0.136. The minimum absolute atomic E-state index is 0.0952. The first-order valence-corrected chi connectivity index (χ1v) is 10.2. The third-order valence-electron chi connectivity index (χ3n) is 4.28. The molecule has 2 aromatic heterocycles. The second-order valence-corrected chi connectivity index (χ2v) is 7.56. The van der Waals surface area contributed by atoms with E-state index in [4.69, 9.17) is 9.15 Å². The highest BCUT2D eigenvalue weighted by atomic mass is 32.1. The number of hydrogen-bond donors (Lipinski definition) is 1. The number of nitrogens with one attached hydrogen (secondary N) is 1. The number of benzene rings is 2. The quantitative estimate of drug-likeness (QED) is 0.468. The average Bonchev–Trinajstić information content (AvgIpc) is 3.39. The molecule has 30 heavy (non-hydrogen) atoms. The Balaban J connectivity index is 1.31. The number of aryl methyl sites for hydroxylation is 2. The minimum Gasteiger partial charge on any atom is -0.457 e. The van der Waals surface area contributed by atoms with Crippen LogP contribution in [0.4, 0.5) is 5.69 Å². The third kappa shape index (κ3) is 4.84. The summed E-state index contributed by atoms with van der Waals surface area (Å²) in [6.45, 7) is 2.15. The summed E-state index contributed by atoms with van der Waals surface area (Å²) in [5, 5.41) is 8.81. The van der Waals surface area contributed by atoms with Gasteiger partial charge in [0.25, 0.3) is 5.89 Å². The van der Waals surface area contributed by atoms with Gasteiger partial charge < -0.3 is 14.5 Å². The van der Waals surface area contributed by atoms with E-state index in [9.17, 15) is 9.59 Å². The third-order valence-corrected chi connectivity index (χ3v) is 5.14. The van der Waals surface area contributed by atoms with Gasteiger partial charge in [-0.15, -0.1) is 16.4 Å². The molecule has 0 saturated heterocycles. The maximum atomic E-state index is 12.2. The first-order valence-electron chi connectivity index (χ1n) is 9.33. The van der Waals surface area contributed by atoms with Crippen LogP contribution in [0.2, 0.25) is 0 Å². The van der Waals surface area contributed by atoms with Crippen LogP contribution in [0, 0.1) is 6.92 Å². The fourth-order valence-electron chi connectivity index (χ4n) is 2.73. The van der Waals surface area contributed by atoms with E-state index in [1.807, 2.05) is 48.7 Å². The molecule has 8 heteroatoms. The number of thiophene rings is 1. The van der Waals surface area contributed by atoms with Gasteiger partial charge >= 0.3 is 5.76 Å². The lowest BCUT2D eigenvalue weighted by atomic mass is 10.2. The molecule has 0 bridgehead atoms. The number of amides is 1. The Morgan fingerprint density at radius 1 is 1.10 bits per heavy atom. The highest BCUT2D eigenvalue weighted by Gasteiger charge is 2.12. The molecule has 0 spiro atoms. The zero-order chi connectivity index (χ0) is 20.9. The first-order chi connectivity index (χ1) is 14.6. The Kier molecular flexibility index (Phi) is 5.76. The Hall–Kier alpha value is -3.65. The van der Waals surface area contributed by atoms with E-state index in [-0.39, 0.29) is 24.8 Å². The molecule has 1 N–H and O–H groups in total. The van der Waals surface area contributed by atoms with E-state index in [2.05, 4.69) is 10.4 Å². The molecule has 4 aromatic rings. The lowest BCUT2D eigenvalue weighted by molar-refractivity contribution is -0.116. The van der Waals surface area contributed by atoms with Crippen LogP contribution in [0.1, 0.15) is 12.0 Å². The minimum atomic E-state index is -0.580. The molecule has 2 aromatic carbocycles. The van der Waals surface area contributed by atoms with Crippen molar-refractivity contribution in [3.8, 4) is 22.3 Å². The Labute approximate surface area is 176 Å². The van der Waals surface area contributed by atoms with E-state index in [1.165, 1.54) is 11.3 Å². The van der Waals surface area contributed by atoms with Crippen LogP contribution in [0.15, 0.2) is 75.3 Å². The van der Waals surface area contributed by atoms with E-state index in [0.717, 1.165) is 20.9 Å². The molecule has 0 aliphatic heterocycles. The maximum absolute atomic E-state index is 12.2. The van der Waals surface area contributed by atoms with Crippen molar-refractivity contribution in [2.75, 3.05) is 5.32 Å². The van der Waals surface area contributed by atoms with Gasteiger partial charge in [0, 0.05) is 12.1 Å². The van der Waals surface area contributed by atoms with Crippen LogP contribution < -0.4 is 15.8 Å². The van der Waals surface area contributed by atoms with Crippen molar-refractivity contribution in [3.05, 3.63) is 82.2 Å². The number of ether oxygens (including phenoxy) is 1. The van der Waals surface area contributed by atoms with Crippen molar-refractivity contribution in [3.63, 3.8) is 0 Å². The predicted molar refractivity (Wildman–Crippen MR) is 115 cm³/mol. The Bertz CT molecular complexity index is 1180. The van der Waals surface area contributed by atoms with Crippen molar-refractivity contribution < 1.29 is 13.9 Å². The number of nitrogens with zero attached hydrogens (tertiary/aromatic N) is 2. The lowest BCUT2D eigenvalue weighted by Crippen LogP contribution is -2.20. The molecule has 0 atom stereocenters. The molecular formula is C22H19N3O4S. The van der Waals surface area contributed by atoms with Gasteiger partial charge in [-0.1, -0.05) is 23.8 Å². The van der Waals surface area contributed by atoms with Gasteiger partial charge in [0.2, 0.25) is 5.91 Å². The zero-order valence-corrected chi connectivity index (χ0v) is 17.0. The smallest absolute Gasteiger partial charge is 0.437 e. The predicted octanol–water partition coefficient (Wildman–Crippen LogP) is 4.69. The van der Waals surface area contributed by atoms with Crippen molar-refractivity contribution in [2.24, 2.45) is 0 Å². The topological polar surface area (TPSA) is 86.4 Å². The van der Waals surface area contributed by atoms with Crippen LogP contribution in [0.3, 0.4) is 0 Å². The van der Waals surface area contributed by atoms with Gasteiger partial charge in [-0.05, 0) is 54.8 Å². The Morgan fingerprint density at radius 3 is 2.47 bits per heavy atom. The standard InChI is InChI=1S/C22H19N3O4S/c1-15-4-8-17(9-5-15)28-18-10-6-16(7-11-18)23-20(26)12-13-25-22(27)29-21(24-25)19-3-2-14-30-19/h2-11,14H,12-13H2,1H3,(H,23,26). The van der Waals surface area contributed by atoms with E-state index < -0.39 is 5.76 Å². The van der Waals surface area contributed by atoms with E-state index in [0.29, 0.717) is 11.4 Å². The van der Waals surface area contributed by atoms with Crippen molar-refractivity contribution >= 4 is 22.9 Å². The van der Waals surface area contributed by atoms with Crippen LogP contribution >= 0.6 is 11.3 Å². The summed E-state index contributed by atoms with van der Waals surface area (Å²) in [5.41, 5.74) is 1.80. The number of rotatable bonds is 7. The molecule has 0 aliphatic carbocycles. The molecule has 7 nitrogen and oxygen atoms in total. The zero-order valence-electron chi connectivity index (χ0n) is 16.2. The van der Waals surface area contributed by atoms with Crippen LogP contribution in [0.5, 0.6) is 11.5 Å². The lowest BCUT2D eigenvalue weighted by Gasteiger charge is -2.08. The van der Waals surface area contributed by atoms with Crippen molar-refractivity contribution in [1.82, 2.24) is 9.78 Å². The summed E-state index contributed by atoms with van der Waals surface area (Å²) >= 11 is 1.43. The number of carbonyl (C=O) groups excluding carboxylic acids is 1. The van der Waals surface area contributed by atoms with Gasteiger partial charge in [0.05, 0.1) is 11.4 Å². The molecule has 152 valence electrons. The van der Waals surface area contributed by atoms with Gasteiger partial charge in [-0.25, -0.2) is 4.79 Å². The van der Waals surface area contributed by atoms with E-state index >= 15 is 0 Å². The molecule has 4 rings (SSSR count). The highest BCUT2D eigenvalue weighted by Crippen LogP contribution is 2.23. The molecule has 0 unspecified atom stereocenters. The SMILES string of the molecule is Cc1ccc(Oc2ccc(NC(=O)CCn3nc(-c4cccs4)oc3=O)cc2)cc1. The first kappa shape index (κ1) is 19.7. The van der Waals surface area contributed by atoms with Crippen molar-refractivity contribution in [1.29, 1.82) is 0 Å². The summed E-state index contributed by atoms with van der Waals surface area (Å²) < 4.78 is 12.1. The second kappa shape index (κ2) is 8.79. The monoisotopic (exact) mass is 421 g/mol. The average molecular weight is 421 g/mol. The summed E-state index contributed by atoms with van der Waals surface area (Å²) in [7, 11) is 0. The fourth-order valence-corrected chi connectivity index (χ4v) is 3.37. The largest absolute Gasteiger partial charge is 0.457 e. The molecular weight excluding hydrogens is 402 g/mol. The summed E-state index contributed by atoms with van der Waals surface area (Å²) in [4.78, 5) is 24.9. The van der Waals surface area contributed by atoms with Crippen molar-refractivity contribution in [2.45, 2.75) is 19.9 Å². The summed E-state index contributed by atoms with van der Waals surface area (Å²) in [6.07, 6.45) is 0.0952. The molecule has 0 fully saturated rings. The maximum Gasteiger partial charge on any atom is 0.437 e. The summed E-state index contributed by atoms with van der Waals surface area (Å²) in [5.74, 6) is 0.877. The second-order valence-electron chi connectivity index (χ2n) is 6.61. The van der Waals surface area contributed by atoms with Crippen LogP contribution in [-0.4, -0.2) is 15.7 Å². The Morgan fingerprint density at radius 2 is 1.80 bits per heavy atom. The van der Waals surface area contributed by atoms with Gasteiger partial charge in [-0.3, -0.25) is 4.79 Å². The number of anilines is 1. The summed E-state index contributed by atoms with van der Waals surface area (Å²) in [6, 6.07) is 18.5. The molecule has 1 amide bonds. The molecule has 0 aliphatic rings. The van der Waals surface area contributed by atoms with Crippen LogP contribution in [-0.2, 0) is 11.3 Å². The number of hydrogen-bond acceptors (Lipinski definition) is 6. The van der Waals surface area contributed by atoms with Gasteiger partial charge in [0.15, 0.2) is 0 Å². The van der Waals surface area contributed by atoms with E-state index in [1.54, 1.807) is 24.3 Å². The molecule has 2 heterocycles. The molecule has 0 radical (unpaired) electrons.